The van der Waals surface area contributed by atoms with Crippen molar-refractivity contribution in [2.45, 2.75) is 0 Å². The van der Waals surface area contributed by atoms with Crippen molar-refractivity contribution in [2.75, 3.05) is 5.32 Å². The molecule has 0 bridgehead atoms. The van der Waals surface area contributed by atoms with Gasteiger partial charge in [-0.15, -0.1) is 0 Å². The van der Waals surface area contributed by atoms with Gasteiger partial charge in [0.25, 0.3) is 0 Å². The maximum absolute atomic E-state index is 13.9. The Morgan fingerprint density at radius 1 is 1.05 bits per heavy atom. The minimum atomic E-state index is -0.768. The molecule has 2 rings (SSSR count). The molecule has 0 radical (unpaired) electrons. The van der Waals surface area contributed by atoms with Gasteiger partial charge in [-0.2, -0.15) is 5.26 Å². The third-order valence-electron chi connectivity index (χ3n) is 2.34. The van der Waals surface area contributed by atoms with Gasteiger partial charge in [0.2, 0.25) is 0 Å². The number of nitriles is 1. The van der Waals surface area contributed by atoms with Crippen molar-refractivity contribution in [1.29, 1.82) is 5.26 Å². The van der Waals surface area contributed by atoms with Crippen molar-refractivity contribution in [3.05, 3.63) is 57.8 Å². The van der Waals surface area contributed by atoms with Crippen LogP contribution < -0.4 is 5.32 Å². The molecule has 2 aromatic carbocycles. The lowest BCUT2D eigenvalue weighted by Gasteiger charge is -2.09. The highest BCUT2D eigenvalue weighted by molar-refractivity contribution is 9.10. The molecule has 0 aliphatic rings. The van der Waals surface area contributed by atoms with Crippen molar-refractivity contribution in [3.8, 4) is 6.07 Å². The van der Waals surface area contributed by atoms with E-state index in [-0.39, 0.29) is 21.4 Å². The molecule has 2 nitrogen and oxygen atoms in total. The molecule has 0 saturated heterocycles. The van der Waals surface area contributed by atoms with Crippen molar-refractivity contribution < 1.29 is 13.2 Å². The molecular weight excluding hydrogens is 321 g/mol. The van der Waals surface area contributed by atoms with E-state index in [1.54, 1.807) is 0 Å². The third kappa shape index (κ3) is 2.88. The number of halogens is 4. The number of anilines is 2. The molecule has 0 amide bonds. The summed E-state index contributed by atoms with van der Waals surface area (Å²) in [6.45, 7) is 0. The van der Waals surface area contributed by atoms with Crippen LogP contribution in [0.25, 0.3) is 0 Å². The van der Waals surface area contributed by atoms with E-state index in [1.165, 1.54) is 12.1 Å². The minimum absolute atomic E-state index is 0.00289. The molecule has 19 heavy (non-hydrogen) atoms. The molecule has 0 aromatic heterocycles. The second-order valence-electron chi connectivity index (χ2n) is 3.68. The zero-order valence-corrected chi connectivity index (χ0v) is 10.9. The topological polar surface area (TPSA) is 35.8 Å². The zero-order chi connectivity index (χ0) is 14.0. The second-order valence-corrected chi connectivity index (χ2v) is 4.48. The van der Waals surface area contributed by atoms with Gasteiger partial charge in [0.15, 0.2) is 5.82 Å². The summed E-state index contributed by atoms with van der Waals surface area (Å²) in [4.78, 5) is 0. The molecule has 1 N–H and O–H groups in total. The predicted molar refractivity (Wildman–Crippen MR) is 68.5 cm³/mol. The van der Waals surface area contributed by atoms with E-state index in [2.05, 4.69) is 21.2 Å². The van der Waals surface area contributed by atoms with E-state index in [0.717, 1.165) is 18.2 Å². The summed E-state index contributed by atoms with van der Waals surface area (Å²) in [7, 11) is 0. The van der Waals surface area contributed by atoms with Crippen LogP contribution in [0.4, 0.5) is 24.5 Å². The predicted octanol–water partition coefficient (Wildman–Crippen LogP) is 4.48. The van der Waals surface area contributed by atoms with Crippen LogP contribution in [-0.2, 0) is 0 Å². The highest BCUT2D eigenvalue weighted by Crippen LogP contribution is 2.29. The highest BCUT2D eigenvalue weighted by atomic mass is 79.9. The maximum Gasteiger partial charge on any atom is 0.162 e. The molecule has 0 unspecified atom stereocenters. The zero-order valence-electron chi connectivity index (χ0n) is 9.35. The van der Waals surface area contributed by atoms with E-state index < -0.39 is 17.5 Å². The summed E-state index contributed by atoms with van der Waals surface area (Å²) in [6.07, 6.45) is 0. The Morgan fingerprint density at radius 3 is 2.26 bits per heavy atom. The molecule has 0 spiro atoms. The van der Waals surface area contributed by atoms with Crippen LogP contribution in [0.1, 0.15) is 5.56 Å². The maximum atomic E-state index is 13.9. The summed E-state index contributed by atoms with van der Waals surface area (Å²) >= 11 is 2.95. The standard InChI is InChI=1S/C13H6BrF3N2/c14-12-7(6-18)1-2-11(13(12)17)19-10-4-8(15)3-9(16)5-10/h1-5,19H. The highest BCUT2D eigenvalue weighted by Gasteiger charge is 2.11. The van der Waals surface area contributed by atoms with Crippen LogP contribution >= 0.6 is 15.9 Å². The lowest BCUT2D eigenvalue weighted by atomic mass is 10.2. The largest absolute Gasteiger partial charge is 0.353 e. The van der Waals surface area contributed by atoms with Crippen molar-refractivity contribution in [2.24, 2.45) is 0 Å². The first-order valence-corrected chi connectivity index (χ1v) is 5.92. The summed E-state index contributed by atoms with van der Waals surface area (Å²) in [5.41, 5.74) is 0.220. The van der Waals surface area contributed by atoms with Gasteiger partial charge >= 0.3 is 0 Å². The lowest BCUT2D eigenvalue weighted by molar-refractivity contribution is 0.584. The fourth-order valence-electron chi connectivity index (χ4n) is 1.51. The second kappa shape index (κ2) is 5.33. The number of rotatable bonds is 2. The quantitative estimate of drug-likeness (QED) is 0.883. The van der Waals surface area contributed by atoms with Gasteiger partial charge in [-0.05, 0) is 40.2 Å². The van der Waals surface area contributed by atoms with Gasteiger partial charge in [-0.25, -0.2) is 13.2 Å². The molecule has 96 valence electrons. The Balaban J connectivity index is 2.39. The van der Waals surface area contributed by atoms with Gasteiger partial charge in [0.1, 0.15) is 17.7 Å². The van der Waals surface area contributed by atoms with Gasteiger partial charge in [-0.3, -0.25) is 0 Å². The number of nitrogens with zero attached hydrogens (tertiary/aromatic N) is 1. The molecular formula is C13H6BrF3N2. The smallest absolute Gasteiger partial charge is 0.162 e. The summed E-state index contributed by atoms with van der Waals surface area (Å²) in [6, 6.07) is 7.32. The number of hydrogen-bond donors (Lipinski definition) is 1. The molecule has 0 heterocycles. The Kier molecular flexibility index (Phi) is 3.76. The number of hydrogen-bond acceptors (Lipinski definition) is 2. The van der Waals surface area contributed by atoms with E-state index in [1.807, 2.05) is 6.07 Å². The van der Waals surface area contributed by atoms with Gasteiger partial charge in [0.05, 0.1) is 15.7 Å². The van der Waals surface area contributed by atoms with Gasteiger partial charge in [0, 0.05) is 11.8 Å². The average molecular weight is 327 g/mol. The molecule has 0 saturated carbocycles. The molecule has 6 heteroatoms. The monoisotopic (exact) mass is 326 g/mol. The van der Waals surface area contributed by atoms with E-state index in [4.69, 9.17) is 5.26 Å². The number of nitrogens with one attached hydrogen (secondary N) is 1. The first-order chi connectivity index (χ1) is 9.01. The normalized spacial score (nSPS) is 10.1. The molecule has 0 aliphatic heterocycles. The van der Waals surface area contributed by atoms with Gasteiger partial charge in [-0.1, -0.05) is 0 Å². The third-order valence-corrected chi connectivity index (χ3v) is 3.12. The Morgan fingerprint density at radius 2 is 1.68 bits per heavy atom. The Bertz CT molecular complexity index is 660. The van der Waals surface area contributed by atoms with Crippen LogP contribution in [0.15, 0.2) is 34.8 Å². The minimum Gasteiger partial charge on any atom is -0.353 e. The van der Waals surface area contributed by atoms with Crippen molar-refractivity contribution in [1.82, 2.24) is 0 Å². The fraction of sp³-hybridized carbons (Fsp3) is 0. The van der Waals surface area contributed by atoms with E-state index in [9.17, 15) is 13.2 Å². The SMILES string of the molecule is N#Cc1ccc(Nc2cc(F)cc(F)c2)c(F)c1Br. The van der Waals surface area contributed by atoms with Crippen LogP contribution in [0.2, 0.25) is 0 Å². The first-order valence-electron chi connectivity index (χ1n) is 5.12. The number of benzene rings is 2. The van der Waals surface area contributed by atoms with Crippen molar-refractivity contribution >= 4 is 27.3 Å². The Labute approximate surface area is 115 Å². The molecule has 0 aliphatic carbocycles. The summed E-state index contributed by atoms with van der Waals surface area (Å²) < 4.78 is 39.9. The summed E-state index contributed by atoms with van der Waals surface area (Å²) in [5.74, 6) is -2.24. The summed E-state index contributed by atoms with van der Waals surface area (Å²) in [5, 5.41) is 11.3. The lowest BCUT2D eigenvalue weighted by Crippen LogP contribution is -1.97. The fourth-order valence-corrected chi connectivity index (χ4v) is 1.95. The average Bonchev–Trinajstić information content (AvgIpc) is 2.34. The van der Waals surface area contributed by atoms with Crippen LogP contribution in [0, 0.1) is 28.8 Å². The van der Waals surface area contributed by atoms with E-state index >= 15 is 0 Å². The van der Waals surface area contributed by atoms with Crippen LogP contribution in [0.5, 0.6) is 0 Å². The first kappa shape index (κ1) is 13.4. The molecule has 0 atom stereocenters. The van der Waals surface area contributed by atoms with Crippen molar-refractivity contribution in [3.63, 3.8) is 0 Å². The Hall–Kier alpha value is -2.00. The molecule has 0 fully saturated rings. The van der Waals surface area contributed by atoms with Crippen LogP contribution in [-0.4, -0.2) is 0 Å². The van der Waals surface area contributed by atoms with Gasteiger partial charge < -0.3 is 5.32 Å². The molecule has 2 aromatic rings. The van der Waals surface area contributed by atoms with E-state index in [0.29, 0.717) is 0 Å². The van der Waals surface area contributed by atoms with Crippen LogP contribution in [0.3, 0.4) is 0 Å².